The van der Waals surface area contributed by atoms with Crippen molar-refractivity contribution in [2.45, 2.75) is 44.4 Å². The highest BCUT2D eigenvalue weighted by molar-refractivity contribution is 5.95. The van der Waals surface area contributed by atoms with E-state index in [4.69, 9.17) is 0 Å². The van der Waals surface area contributed by atoms with E-state index in [9.17, 15) is 14.7 Å². The van der Waals surface area contributed by atoms with E-state index in [1.807, 2.05) is 48.7 Å². The SMILES string of the molecule is O=C(NC1CCCCC1O)c1nn(Cc2ccc(-n3cccn3)cc2)c2ccccc2c1=O. The van der Waals surface area contributed by atoms with Gasteiger partial charge in [0.15, 0.2) is 5.69 Å². The summed E-state index contributed by atoms with van der Waals surface area (Å²) >= 11 is 0. The van der Waals surface area contributed by atoms with Crippen molar-refractivity contribution >= 4 is 16.8 Å². The Kier molecular flexibility index (Phi) is 5.75. The summed E-state index contributed by atoms with van der Waals surface area (Å²) in [6, 6.07) is 16.5. The van der Waals surface area contributed by atoms with Crippen LogP contribution in [0.3, 0.4) is 0 Å². The first kappa shape index (κ1) is 21.1. The second-order valence-corrected chi connectivity index (χ2v) is 8.40. The molecule has 0 radical (unpaired) electrons. The Bertz CT molecular complexity index is 1330. The van der Waals surface area contributed by atoms with Crippen molar-refractivity contribution in [3.63, 3.8) is 0 Å². The van der Waals surface area contributed by atoms with E-state index in [0.717, 1.165) is 24.1 Å². The van der Waals surface area contributed by atoms with Gasteiger partial charge in [-0.05, 0) is 48.7 Å². The molecule has 2 aromatic carbocycles. The predicted octanol–water partition coefficient (Wildman–Crippen LogP) is 2.66. The molecule has 8 heteroatoms. The summed E-state index contributed by atoms with van der Waals surface area (Å²) in [5, 5.41) is 22.2. The van der Waals surface area contributed by atoms with E-state index in [-0.39, 0.29) is 11.7 Å². The molecule has 168 valence electrons. The third-order valence-electron chi connectivity index (χ3n) is 6.16. The van der Waals surface area contributed by atoms with Crippen LogP contribution in [0.15, 0.2) is 71.8 Å². The Morgan fingerprint density at radius 1 is 1.06 bits per heavy atom. The smallest absolute Gasteiger partial charge is 0.276 e. The molecular formula is C25H25N5O3. The molecule has 4 aromatic rings. The topological polar surface area (TPSA) is 102 Å². The van der Waals surface area contributed by atoms with Gasteiger partial charge in [-0.15, -0.1) is 0 Å². The summed E-state index contributed by atoms with van der Waals surface area (Å²) in [5.74, 6) is -0.542. The molecule has 2 aromatic heterocycles. The monoisotopic (exact) mass is 443 g/mol. The van der Waals surface area contributed by atoms with Crippen molar-refractivity contribution in [1.82, 2.24) is 24.9 Å². The highest BCUT2D eigenvalue weighted by Gasteiger charge is 2.27. The zero-order valence-electron chi connectivity index (χ0n) is 18.1. The second-order valence-electron chi connectivity index (χ2n) is 8.40. The van der Waals surface area contributed by atoms with Crippen molar-refractivity contribution in [2.24, 2.45) is 0 Å². The first-order valence-corrected chi connectivity index (χ1v) is 11.2. The van der Waals surface area contributed by atoms with E-state index in [0.29, 0.717) is 30.3 Å². The normalized spacial score (nSPS) is 18.3. The number of carbonyl (C=O) groups is 1. The predicted molar refractivity (Wildman–Crippen MR) is 124 cm³/mol. The maximum absolute atomic E-state index is 13.1. The molecule has 1 amide bonds. The minimum atomic E-state index is -0.598. The largest absolute Gasteiger partial charge is 0.391 e. The van der Waals surface area contributed by atoms with Crippen LogP contribution in [0.25, 0.3) is 16.6 Å². The average molecular weight is 444 g/mol. The Labute approximate surface area is 190 Å². The fourth-order valence-electron chi connectivity index (χ4n) is 4.37. The lowest BCUT2D eigenvalue weighted by Crippen LogP contribution is -2.46. The van der Waals surface area contributed by atoms with Crippen LogP contribution in [0.1, 0.15) is 41.7 Å². The number of aliphatic hydroxyl groups is 1. The lowest BCUT2D eigenvalue weighted by Gasteiger charge is -2.28. The molecule has 0 bridgehead atoms. The zero-order valence-corrected chi connectivity index (χ0v) is 18.1. The molecule has 1 aliphatic carbocycles. The molecule has 1 saturated carbocycles. The van der Waals surface area contributed by atoms with Gasteiger partial charge >= 0.3 is 0 Å². The van der Waals surface area contributed by atoms with Gasteiger partial charge in [-0.1, -0.05) is 37.1 Å². The van der Waals surface area contributed by atoms with Gasteiger partial charge in [0.05, 0.1) is 29.9 Å². The summed E-state index contributed by atoms with van der Waals surface area (Å²) in [5.41, 5.74) is 2.01. The molecule has 1 aliphatic rings. The van der Waals surface area contributed by atoms with Crippen LogP contribution in [0, 0.1) is 0 Å². The standard InChI is InChI=1S/C25H25N5O3/c31-22-9-4-2-7-20(22)27-25(33)23-24(32)19-6-1-3-8-21(19)30(28-23)16-17-10-12-18(13-11-17)29-15-5-14-26-29/h1,3,5-6,8,10-15,20,22,31H,2,4,7,9,16H2,(H,27,33). The first-order chi connectivity index (χ1) is 16.1. The number of para-hydroxylation sites is 1. The molecule has 2 N–H and O–H groups in total. The molecule has 2 atom stereocenters. The van der Waals surface area contributed by atoms with Crippen molar-refractivity contribution < 1.29 is 9.90 Å². The lowest BCUT2D eigenvalue weighted by molar-refractivity contribution is 0.0711. The van der Waals surface area contributed by atoms with Crippen LogP contribution in [0.4, 0.5) is 0 Å². The molecule has 2 heterocycles. The van der Waals surface area contributed by atoms with Gasteiger partial charge in [0.2, 0.25) is 5.43 Å². The van der Waals surface area contributed by atoms with Crippen molar-refractivity contribution in [2.75, 3.05) is 0 Å². The van der Waals surface area contributed by atoms with Gasteiger partial charge in [-0.3, -0.25) is 14.3 Å². The Balaban J connectivity index is 1.47. The van der Waals surface area contributed by atoms with Gasteiger partial charge in [0.25, 0.3) is 5.91 Å². The number of nitrogens with one attached hydrogen (secondary N) is 1. The first-order valence-electron chi connectivity index (χ1n) is 11.2. The van der Waals surface area contributed by atoms with Crippen LogP contribution in [0.2, 0.25) is 0 Å². The van der Waals surface area contributed by atoms with Crippen LogP contribution in [-0.4, -0.2) is 42.7 Å². The fraction of sp³-hybridized carbons (Fsp3) is 0.280. The lowest BCUT2D eigenvalue weighted by atomic mass is 9.92. The number of amides is 1. The maximum Gasteiger partial charge on any atom is 0.276 e. The number of rotatable bonds is 5. The minimum absolute atomic E-state index is 0.153. The summed E-state index contributed by atoms with van der Waals surface area (Å²) in [6.45, 7) is 0.395. The molecule has 0 aliphatic heterocycles. The Hall–Kier alpha value is -3.78. The number of benzene rings is 2. The van der Waals surface area contributed by atoms with Gasteiger partial charge in [0, 0.05) is 17.8 Å². The summed E-state index contributed by atoms with van der Waals surface area (Å²) in [4.78, 5) is 26.1. The minimum Gasteiger partial charge on any atom is -0.391 e. The number of fused-ring (bicyclic) bond motifs is 1. The van der Waals surface area contributed by atoms with Gasteiger partial charge in [-0.2, -0.15) is 10.2 Å². The fourth-order valence-corrected chi connectivity index (χ4v) is 4.37. The molecule has 8 nitrogen and oxygen atoms in total. The van der Waals surface area contributed by atoms with Crippen molar-refractivity contribution in [3.05, 3.63) is 88.5 Å². The molecule has 5 rings (SSSR count). The number of nitrogens with zero attached hydrogens (tertiary/aromatic N) is 4. The number of aromatic nitrogens is 4. The number of carbonyl (C=O) groups excluding carboxylic acids is 1. The zero-order chi connectivity index (χ0) is 22.8. The van der Waals surface area contributed by atoms with Crippen LogP contribution >= 0.6 is 0 Å². The number of aliphatic hydroxyl groups excluding tert-OH is 1. The number of hydrogen-bond acceptors (Lipinski definition) is 5. The van der Waals surface area contributed by atoms with Crippen LogP contribution in [-0.2, 0) is 6.54 Å². The van der Waals surface area contributed by atoms with Crippen LogP contribution in [0.5, 0.6) is 0 Å². The van der Waals surface area contributed by atoms with E-state index < -0.39 is 17.4 Å². The van der Waals surface area contributed by atoms with E-state index in [1.165, 1.54) is 0 Å². The van der Waals surface area contributed by atoms with E-state index in [1.54, 1.807) is 27.7 Å². The highest BCUT2D eigenvalue weighted by Crippen LogP contribution is 2.19. The average Bonchev–Trinajstić information content (AvgIpc) is 3.38. The molecule has 2 unspecified atom stereocenters. The van der Waals surface area contributed by atoms with Gasteiger partial charge < -0.3 is 10.4 Å². The van der Waals surface area contributed by atoms with E-state index in [2.05, 4.69) is 15.5 Å². The summed E-state index contributed by atoms with van der Waals surface area (Å²) in [7, 11) is 0. The third kappa shape index (κ3) is 4.29. The molecule has 33 heavy (non-hydrogen) atoms. The Morgan fingerprint density at radius 2 is 1.85 bits per heavy atom. The maximum atomic E-state index is 13.1. The van der Waals surface area contributed by atoms with Gasteiger partial charge in [-0.25, -0.2) is 4.68 Å². The van der Waals surface area contributed by atoms with Crippen LogP contribution < -0.4 is 10.7 Å². The molecule has 0 saturated heterocycles. The summed E-state index contributed by atoms with van der Waals surface area (Å²) < 4.78 is 3.46. The quantitative estimate of drug-likeness (QED) is 0.494. The molecule has 0 spiro atoms. The van der Waals surface area contributed by atoms with Crippen molar-refractivity contribution in [3.8, 4) is 5.69 Å². The second kappa shape index (κ2) is 8.99. The summed E-state index contributed by atoms with van der Waals surface area (Å²) in [6.07, 6.45) is 6.22. The van der Waals surface area contributed by atoms with Gasteiger partial charge in [0.1, 0.15) is 0 Å². The third-order valence-corrected chi connectivity index (χ3v) is 6.16. The Morgan fingerprint density at radius 3 is 2.61 bits per heavy atom. The van der Waals surface area contributed by atoms with E-state index >= 15 is 0 Å². The molecular weight excluding hydrogens is 418 g/mol. The van der Waals surface area contributed by atoms with Crippen molar-refractivity contribution in [1.29, 1.82) is 0 Å². The molecule has 1 fully saturated rings. The highest BCUT2D eigenvalue weighted by atomic mass is 16.3. The number of hydrogen-bond donors (Lipinski definition) is 2.